The maximum absolute atomic E-state index is 11.6. The zero-order valence-corrected chi connectivity index (χ0v) is 10.4. The van der Waals surface area contributed by atoms with Crippen LogP contribution in [0.25, 0.3) is 0 Å². The first kappa shape index (κ1) is 12.7. The number of rotatable bonds is 4. The summed E-state index contributed by atoms with van der Waals surface area (Å²) in [5, 5.41) is 10.2. The molecule has 98 valence electrons. The van der Waals surface area contributed by atoms with Crippen molar-refractivity contribution in [3.8, 4) is 11.5 Å². The van der Waals surface area contributed by atoms with Gasteiger partial charge in [-0.25, -0.2) is 0 Å². The zero-order valence-electron chi connectivity index (χ0n) is 10.4. The molecule has 5 nitrogen and oxygen atoms in total. The molecule has 1 heterocycles. The molecule has 5 heteroatoms. The second-order valence-corrected chi connectivity index (χ2v) is 4.10. The van der Waals surface area contributed by atoms with Crippen LogP contribution in [0.5, 0.6) is 11.5 Å². The summed E-state index contributed by atoms with van der Waals surface area (Å²) in [6.45, 7) is 2.01. The van der Waals surface area contributed by atoms with Crippen LogP contribution in [-0.4, -0.2) is 25.0 Å². The number of fused-ring (bicyclic) bond motifs is 1. The summed E-state index contributed by atoms with van der Waals surface area (Å²) in [4.78, 5) is 11.6. The fourth-order valence-electron chi connectivity index (χ4n) is 2.00. The Labute approximate surface area is 105 Å². The van der Waals surface area contributed by atoms with Gasteiger partial charge in [0.15, 0.2) is 11.5 Å². The Kier molecular flexibility index (Phi) is 3.72. The van der Waals surface area contributed by atoms with E-state index in [1.807, 2.05) is 6.92 Å². The average molecular weight is 252 g/mol. The summed E-state index contributed by atoms with van der Waals surface area (Å²) in [5.74, 6) is 0.251. The molecule has 0 bridgehead atoms. The molecule has 2 atom stereocenters. The van der Waals surface area contributed by atoms with Gasteiger partial charge in [0, 0.05) is 0 Å². The predicted molar refractivity (Wildman–Crippen MR) is 63.3 cm³/mol. The highest BCUT2D eigenvalue weighted by molar-refractivity contribution is 5.73. The van der Waals surface area contributed by atoms with Crippen LogP contribution in [0.3, 0.4) is 0 Å². The van der Waals surface area contributed by atoms with Gasteiger partial charge in [0.05, 0.1) is 19.1 Å². The van der Waals surface area contributed by atoms with Gasteiger partial charge >= 0.3 is 5.97 Å². The lowest BCUT2D eigenvalue weighted by atomic mass is 9.93. The maximum Gasteiger partial charge on any atom is 0.311 e. The van der Waals surface area contributed by atoms with Crippen LogP contribution >= 0.6 is 0 Å². The minimum absolute atomic E-state index is 0.184. The molecular weight excluding hydrogens is 236 g/mol. The molecule has 0 aromatic heterocycles. The molecule has 2 unspecified atom stereocenters. The van der Waals surface area contributed by atoms with Gasteiger partial charge < -0.3 is 19.3 Å². The Bertz CT molecular complexity index is 443. The van der Waals surface area contributed by atoms with Crippen LogP contribution < -0.4 is 9.47 Å². The number of methoxy groups -OCH3 is 1. The molecule has 1 aromatic rings. The van der Waals surface area contributed by atoms with Gasteiger partial charge in [-0.15, -0.1) is 0 Å². The van der Waals surface area contributed by atoms with Crippen molar-refractivity contribution in [1.82, 2.24) is 0 Å². The van der Waals surface area contributed by atoms with E-state index in [9.17, 15) is 9.90 Å². The number of esters is 1. The monoisotopic (exact) mass is 252 g/mol. The summed E-state index contributed by atoms with van der Waals surface area (Å²) in [7, 11) is 1.32. The number of hydrogen-bond donors (Lipinski definition) is 1. The normalized spacial score (nSPS) is 16.2. The van der Waals surface area contributed by atoms with Crippen molar-refractivity contribution in [2.24, 2.45) is 5.92 Å². The quantitative estimate of drug-likeness (QED) is 0.825. The summed E-state index contributed by atoms with van der Waals surface area (Å²) in [5.41, 5.74) is 0.622. The van der Waals surface area contributed by atoms with Gasteiger partial charge in [0.2, 0.25) is 6.79 Å². The third-order valence-corrected chi connectivity index (χ3v) is 3.06. The number of ether oxygens (including phenoxy) is 3. The fourth-order valence-corrected chi connectivity index (χ4v) is 2.00. The largest absolute Gasteiger partial charge is 0.469 e. The van der Waals surface area contributed by atoms with Crippen molar-refractivity contribution in [1.29, 1.82) is 0 Å². The Hall–Kier alpha value is -1.75. The van der Waals surface area contributed by atoms with E-state index in [1.54, 1.807) is 18.2 Å². The van der Waals surface area contributed by atoms with Crippen LogP contribution in [0.1, 0.15) is 25.0 Å². The van der Waals surface area contributed by atoms with Gasteiger partial charge in [0.25, 0.3) is 0 Å². The van der Waals surface area contributed by atoms with Gasteiger partial charge in [-0.1, -0.05) is 13.0 Å². The van der Waals surface area contributed by atoms with Gasteiger partial charge in [-0.05, 0) is 24.1 Å². The Balaban J connectivity index is 2.22. The molecule has 0 fully saturated rings. The lowest BCUT2D eigenvalue weighted by Crippen LogP contribution is -2.22. The number of aliphatic hydroxyl groups is 1. The molecular formula is C13H16O5. The van der Waals surface area contributed by atoms with E-state index >= 15 is 0 Å². The maximum atomic E-state index is 11.6. The molecule has 0 aliphatic carbocycles. The minimum atomic E-state index is -0.906. The molecule has 2 rings (SSSR count). The summed E-state index contributed by atoms with van der Waals surface area (Å²) in [6.07, 6.45) is -0.403. The van der Waals surface area contributed by atoms with E-state index in [4.69, 9.17) is 9.47 Å². The standard InChI is InChI=1S/C13H16O5/c1-3-9(13(15)16-2)12(14)8-4-5-10-11(6-8)18-7-17-10/h4-6,9,12,14H,3,7H2,1-2H3. The van der Waals surface area contributed by atoms with Crippen LogP contribution in [0, 0.1) is 5.92 Å². The average Bonchev–Trinajstić information content (AvgIpc) is 2.86. The molecule has 1 aromatic carbocycles. The number of aliphatic hydroxyl groups excluding tert-OH is 1. The van der Waals surface area contributed by atoms with Crippen LogP contribution in [0.4, 0.5) is 0 Å². The van der Waals surface area contributed by atoms with E-state index < -0.39 is 18.0 Å². The van der Waals surface area contributed by atoms with E-state index in [0.29, 0.717) is 23.5 Å². The third kappa shape index (κ3) is 2.26. The first-order valence-corrected chi connectivity index (χ1v) is 5.82. The van der Waals surface area contributed by atoms with Crippen molar-refractivity contribution >= 4 is 5.97 Å². The Morgan fingerprint density at radius 2 is 2.17 bits per heavy atom. The second-order valence-electron chi connectivity index (χ2n) is 4.10. The Morgan fingerprint density at radius 1 is 1.44 bits per heavy atom. The van der Waals surface area contributed by atoms with E-state index in [-0.39, 0.29) is 6.79 Å². The highest BCUT2D eigenvalue weighted by Gasteiger charge is 2.28. The molecule has 18 heavy (non-hydrogen) atoms. The lowest BCUT2D eigenvalue weighted by Gasteiger charge is -2.19. The number of benzene rings is 1. The van der Waals surface area contributed by atoms with Crippen molar-refractivity contribution in [2.75, 3.05) is 13.9 Å². The van der Waals surface area contributed by atoms with Crippen LogP contribution in [0.2, 0.25) is 0 Å². The van der Waals surface area contributed by atoms with Crippen molar-refractivity contribution in [3.63, 3.8) is 0 Å². The topological polar surface area (TPSA) is 65.0 Å². The molecule has 0 spiro atoms. The minimum Gasteiger partial charge on any atom is -0.469 e. The van der Waals surface area contributed by atoms with Crippen molar-refractivity contribution in [2.45, 2.75) is 19.4 Å². The van der Waals surface area contributed by atoms with Crippen LogP contribution in [0.15, 0.2) is 18.2 Å². The number of carbonyl (C=O) groups is 1. The predicted octanol–water partition coefficient (Wildman–Crippen LogP) is 1.65. The second kappa shape index (κ2) is 5.27. The molecule has 1 aliphatic rings. The molecule has 0 saturated carbocycles. The highest BCUT2D eigenvalue weighted by atomic mass is 16.7. The van der Waals surface area contributed by atoms with Gasteiger partial charge in [-0.3, -0.25) is 4.79 Å². The first-order chi connectivity index (χ1) is 8.67. The number of hydrogen-bond acceptors (Lipinski definition) is 5. The van der Waals surface area contributed by atoms with Gasteiger partial charge in [-0.2, -0.15) is 0 Å². The fraction of sp³-hybridized carbons (Fsp3) is 0.462. The van der Waals surface area contributed by atoms with Gasteiger partial charge in [0.1, 0.15) is 0 Å². The summed E-state index contributed by atoms with van der Waals surface area (Å²) >= 11 is 0. The lowest BCUT2D eigenvalue weighted by molar-refractivity contribution is -0.149. The van der Waals surface area contributed by atoms with Crippen molar-refractivity contribution < 1.29 is 24.1 Å². The smallest absolute Gasteiger partial charge is 0.311 e. The SMILES string of the molecule is CCC(C(=O)OC)C(O)c1ccc2c(c1)OCO2. The summed E-state index contributed by atoms with van der Waals surface area (Å²) < 4.78 is 15.1. The zero-order chi connectivity index (χ0) is 13.1. The van der Waals surface area contributed by atoms with Crippen LogP contribution in [-0.2, 0) is 9.53 Å². The molecule has 0 radical (unpaired) electrons. The number of carbonyl (C=O) groups excluding carboxylic acids is 1. The summed E-state index contributed by atoms with van der Waals surface area (Å²) in [6, 6.07) is 5.15. The van der Waals surface area contributed by atoms with E-state index in [0.717, 1.165) is 0 Å². The highest BCUT2D eigenvalue weighted by Crippen LogP contribution is 2.36. The Morgan fingerprint density at radius 3 is 2.83 bits per heavy atom. The molecule has 1 N–H and O–H groups in total. The molecule has 0 saturated heterocycles. The van der Waals surface area contributed by atoms with Crippen molar-refractivity contribution in [3.05, 3.63) is 23.8 Å². The third-order valence-electron chi connectivity index (χ3n) is 3.06. The van der Waals surface area contributed by atoms with E-state index in [1.165, 1.54) is 7.11 Å². The van der Waals surface area contributed by atoms with E-state index in [2.05, 4.69) is 4.74 Å². The first-order valence-electron chi connectivity index (χ1n) is 5.82. The molecule has 0 amide bonds. The molecule has 1 aliphatic heterocycles.